The Morgan fingerprint density at radius 1 is 1.07 bits per heavy atom. The van der Waals surface area contributed by atoms with E-state index in [1.165, 1.54) is 11.8 Å². The molecule has 1 saturated heterocycles. The summed E-state index contributed by atoms with van der Waals surface area (Å²) in [6.07, 6.45) is 2.28. The van der Waals surface area contributed by atoms with Crippen molar-refractivity contribution in [1.82, 2.24) is 19.7 Å². The van der Waals surface area contributed by atoms with E-state index in [1.807, 2.05) is 66.2 Å². The van der Waals surface area contributed by atoms with Crippen molar-refractivity contribution in [1.29, 1.82) is 0 Å². The third-order valence-electron chi connectivity index (χ3n) is 5.11. The number of benzene rings is 2. The molecule has 0 spiro atoms. The van der Waals surface area contributed by atoms with Crippen molar-refractivity contribution in [3.8, 4) is 5.69 Å². The van der Waals surface area contributed by atoms with Gasteiger partial charge in [0, 0.05) is 26.7 Å². The summed E-state index contributed by atoms with van der Waals surface area (Å²) in [6, 6.07) is 17.6. The van der Waals surface area contributed by atoms with Gasteiger partial charge in [-0.15, -0.1) is 10.2 Å². The summed E-state index contributed by atoms with van der Waals surface area (Å²) in [5.41, 5.74) is 1.94. The summed E-state index contributed by atoms with van der Waals surface area (Å²) in [4.78, 5) is 16.7. The molecule has 6 nitrogen and oxygen atoms in total. The highest BCUT2D eigenvalue weighted by Crippen LogP contribution is 2.31. The summed E-state index contributed by atoms with van der Waals surface area (Å²) in [5, 5.41) is 10.1. The zero-order valence-electron chi connectivity index (χ0n) is 16.9. The van der Waals surface area contributed by atoms with Gasteiger partial charge in [0.05, 0.1) is 16.5 Å². The van der Waals surface area contributed by atoms with Crippen LogP contribution in [-0.4, -0.2) is 51.5 Å². The summed E-state index contributed by atoms with van der Waals surface area (Å²) in [7, 11) is 1.82. The zero-order chi connectivity index (χ0) is 20.9. The van der Waals surface area contributed by atoms with Gasteiger partial charge in [0.1, 0.15) is 0 Å². The molecule has 1 fully saturated rings. The topological polar surface area (TPSA) is 54.3 Å². The minimum atomic E-state index is 0.0419. The van der Waals surface area contributed by atoms with Crippen LogP contribution in [0.1, 0.15) is 18.4 Å². The lowest BCUT2D eigenvalue weighted by Gasteiger charge is -2.19. The Balaban J connectivity index is 1.52. The number of anilines is 1. The van der Waals surface area contributed by atoms with Crippen LogP contribution in [0.3, 0.4) is 0 Å². The van der Waals surface area contributed by atoms with Crippen LogP contribution in [0.15, 0.2) is 59.8 Å². The number of carbonyl (C=O) groups excluding carboxylic acids is 1. The molecule has 1 aliphatic rings. The maximum Gasteiger partial charge on any atom is 0.233 e. The summed E-state index contributed by atoms with van der Waals surface area (Å²) in [6.45, 7) is 2.48. The summed E-state index contributed by atoms with van der Waals surface area (Å²) in [5.74, 6) is 1.11. The minimum Gasteiger partial charge on any atom is -0.341 e. The van der Waals surface area contributed by atoms with Gasteiger partial charge in [-0.05, 0) is 30.5 Å². The molecule has 156 valence electrons. The number of aromatic nitrogens is 3. The number of carbonyl (C=O) groups is 1. The van der Waals surface area contributed by atoms with Crippen LogP contribution in [0.5, 0.6) is 0 Å². The molecule has 0 aliphatic carbocycles. The monoisotopic (exact) mass is 441 g/mol. The van der Waals surface area contributed by atoms with E-state index in [4.69, 9.17) is 11.6 Å². The average molecular weight is 442 g/mol. The Morgan fingerprint density at radius 2 is 1.77 bits per heavy atom. The Bertz CT molecular complexity index is 1000. The summed E-state index contributed by atoms with van der Waals surface area (Å²) < 4.78 is 1.97. The second-order valence-electron chi connectivity index (χ2n) is 7.29. The molecule has 0 unspecified atom stereocenters. The van der Waals surface area contributed by atoms with Gasteiger partial charge >= 0.3 is 0 Å². The Morgan fingerprint density at radius 3 is 2.50 bits per heavy atom. The van der Waals surface area contributed by atoms with Crippen LogP contribution in [-0.2, 0) is 11.3 Å². The molecule has 3 aromatic rings. The lowest BCUT2D eigenvalue weighted by Crippen LogP contribution is -2.28. The van der Waals surface area contributed by atoms with Crippen LogP contribution in [0, 0.1) is 0 Å². The third kappa shape index (κ3) is 4.63. The van der Waals surface area contributed by atoms with Gasteiger partial charge in [0.2, 0.25) is 11.9 Å². The first-order chi connectivity index (χ1) is 14.6. The molecule has 2 heterocycles. The van der Waals surface area contributed by atoms with Gasteiger partial charge in [-0.25, -0.2) is 0 Å². The first-order valence-electron chi connectivity index (χ1n) is 9.99. The molecule has 4 rings (SSSR count). The normalized spacial score (nSPS) is 13.6. The molecular formula is C22H24ClN5OS. The first-order valence-corrected chi connectivity index (χ1v) is 11.4. The highest BCUT2D eigenvalue weighted by molar-refractivity contribution is 7.99. The standard InChI is InChI=1S/C22H24ClN5OS/c1-26(15-17-9-3-2-4-10-17)20(29)16-30-22-25-24-21(27-13-7-8-14-27)28(22)19-12-6-5-11-18(19)23/h2-6,9-12H,7-8,13-16H2,1H3. The quantitative estimate of drug-likeness (QED) is 0.512. The van der Waals surface area contributed by atoms with E-state index in [-0.39, 0.29) is 11.7 Å². The highest BCUT2D eigenvalue weighted by Gasteiger charge is 2.24. The number of para-hydroxylation sites is 1. The smallest absolute Gasteiger partial charge is 0.233 e. The van der Waals surface area contributed by atoms with Crippen LogP contribution in [0.4, 0.5) is 5.95 Å². The average Bonchev–Trinajstić information content (AvgIpc) is 3.43. The second kappa shape index (κ2) is 9.53. The fourth-order valence-electron chi connectivity index (χ4n) is 3.50. The molecule has 0 N–H and O–H groups in total. The zero-order valence-corrected chi connectivity index (χ0v) is 18.4. The van der Waals surface area contributed by atoms with Gasteiger partial charge < -0.3 is 9.80 Å². The largest absolute Gasteiger partial charge is 0.341 e. The van der Waals surface area contributed by atoms with Gasteiger partial charge in [-0.1, -0.05) is 65.8 Å². The maximum absolute atomic E-state index is 12.7. The van der Waals surface area contributed by atoms with E-state index in [9.17, 15) is 4.79 Å². The molecule has 1 aliphatic heterocycles. The van der Waals surface area contributed by atoms with Gasteiger partial charge in [-0.2, -0.15) is 0 Å². The third-order valence-corrected chi connectivity index (χ3v) is 6.34. The molecule has 1 aromatic heterocycles. The molecule has 2 aromatic carbocycles. The Labute approximate surface area is 185 Å². The van der Waals surface area contributed by atoms with Crippen LogP contribution in [0.25, 0.3) is 5.69 Å². The van der Waals surface area contributed by atoms with Crippen molar-refractivity contribution in [3.63, 3.8) is 0 Å². The number of thioether (sulfide) groups is 1. The SMILES string of the molecule is CN(Cc1ccccc1)C(=O)CSc1nnc(N2CCCC2)n1-c1ccccc1Cl. The first kappa shape index (κ1) is 20.8. The molecule has 8 heteroatoms. The minimum absolute atomic E-state index is 0.0419. The van der Waals surface area contributed by atoms with E-state index in [0.717, 1.165) is 43.1 Å². The lowest BCUT2D eigenvalue weighted by atomic mass is 10.2. The van der Waals surface area contributed by atoms with E-state index in [2.05, 4.69) is 15.1 Å². The van der Waals surface area contributed by atoms with E-state index in [1.54, 1.807) is 4.90 Å². The fourth-order valence-corrected chi connectivity index (χ4v) is 4.60. The van der Waals surface area contributed by atoms with Crippen LogP contribution >= 0.6 is 23.4 Å². The molecule has 1 amide bonds. The van der Waals surface area contributed by atoms with Crippen molar-refractivity contribution in [2.75, 3.05) is 30.8 Å². The van der Waals surface area contributed by atoms with Gasteiger partial charge in [0.25, 0.3) is 0 Å². The van der Waals surface area contributed by atoms with Crippen LogP contribution < -0.4 is 4.90 Å². The highest BCUT2D eigenvalue weighted by atomic mass is 35.5. The summed E-state index contributed by atoms with van der Waals surface area (Å²) >= 11 is 7.88. The Kier molecular flexibility index (Phi) is 6.59. The van der Waals surface area contributed by atoms with E-state index < -0.39 is 0 Å². The number of halogens is 1. The molecule has 0 atom stereocenters. The van der Waals surface area contributed by atoms with Crippen molar-refractivity contribution in [2.45, 2.75) is 24.5 Å². The number of nitrogens with zero attached hydrogens (tertiary/aromatic N) is 5. The molecule has 30 heavy (non-hydrogen) atoms. The van der Waals surface area contributed by atoms with Crippen molar-refractivity contribution >= 4 is 35.2 Å². The van der Waals surface area contributed by atoms with Crippen molar-refractivity contribution < 1.29 is 4.79 Å². The predicted octanol–water partition coefficient (Wildman–Crippen LogP) is 4.27. The van der Waals surface area contributed by atoms with E-state index >= 15 is 0 Å². The molecular weight excluding hydrogens is 418 g/mol. The number of hydrogen-bond acceptors (Lipinski definition) is 5. The van der Waals surface area contributed by atoms with Crippen molar-refractivity contribution in [3.05, 3.63) is 65.2 Å². The van der Waals surface area contributed by atoms with Gasteiger partial charge in [-0.3, -0.25) is 9.36 Å². The van der Waals surface area contributed by atoms with Crippen LogP contribution in [0.2, 0.25) is 5.02 Å². The van der Waals surface area contributed by atoms with Gasteiger partial charge in [0.15, 0.2) is 5.16 Å². The Hall–Kier alpha value is -2.51. The predicted molar refractivity (Wildman–Crippen MR) is 121 cm³/mol. The lowest BCUT2D eigenvalue weighted by molar-refractivity contribution is -0.127. The number of amides is 1. The second-order valence-corrected chi connectivity index (χ2v) is 8.64. The number of hydrogen-bond donors (Lipinski definition) is 0. The van der Waals surface area contributed by atoms with Crippen molar-refractivity contribution in [2.24, 2.45) is 0 Å². The molecule has 0 saturated carbocycles. The number of rotatable bonds is 7. The van der Waals surface area contributed by atoms with E-state index in [0.29, 0.717) is 16.7 Å². The molecule has 0 radical (unpaired) electrons. The molecule has 0 bridgehead atoms. The maximum atomic E-state index is 12.7. The fraction of sp³-hybridized carbons (Fsp3) is 0.318.